The molecule has 7 heteroatoms. The van der Waals surface area contributed by atoms with Crippen LogP contribution in [0.15, 0.2) is 30.6 Å². The summed E-state index contributed by atoms with van der Waals surface area (Å²) in [5, 5.41) is 13.3. The molecule has 2 aromatic rings. The molecule has 0 saturated carbocycles. The topological polar surface area (TPSA) is 41.6 Å². The van der Waals surface area contributed by atoms with E-state index in [2.05, 4.69) is 21.0 Å². The highest BCUT2D eigenvalue weighted by Gasteiger charge is 2.32. The van der Waals surface area contributed by atoms with Crippen molar-refractivity contribution in [3.8, 4) is 11.8 Å². The van der Waals surface area contributed by atoms with Crippen LogP contribution in [-0.4, -0.2) is 9.78 Å². The van der Waals surface area contributed by atoms with Gasteiger partial charge in [0.25, 0.3) is 0 Å². The molecule has 1 aromatic heterocycles. The maximum atomic E-state index is 12.5. The minimum absolute atomic E-state index is 0.272. The van der Waals surface area contributed by atoms with Crippen molar-refractivity contribution >= 4 is 15.9 Å². The molecular weight excluding hydrogens is 323 g/mol. The van der Waals surface area contributed by atoms with Gasteiger partial charge in [0, 0.05) is 11.5 Å². The van der Waals surface area contributed by atoms with Gasteiger partial charge in [-0.2, -0.15) is 23.5 Å². The van der Waals surface area contributed by atoms with Gasteiger partial charge in [-0.1, -0.05) is 22.0 Å². The third-order valence-corrected chi connectivity index (χ3v) is 3.14. The van der Waals surface area contributed by atoms with Crippen LogP contribution in [0.3, 0.4) is 0 Å². The first-order chi connectivity index (χ1) is 8.95. The molecule has 19 heavy (non-hydrogen) atoms. The molecule has 1 aromatic carbocycles. The number of nitriles is 1. The maximum absolute atomic E-state index is 12.5. The van der Waals surface area contributed by atoms with E-state index in [1.54, 1.807) is 18.2 Å². The van der Waals surface area contributed by atoms with Crippen molar-refractivity contribution in [1.29, 1.82) is 5.26 Å². The molecule has 0 fully saturated rings. The predicted octanol–water partition coefficient (Wildman–Crippen LogP) is 3.66. The SMILES string of the molecule is N#Cc1cc(CBr)ccc1-n1cc(C(F)(F)F)cn1. The van der Waals surface area contributed by atoms with Crippen LogP contribution < -0.4 is 0 Å². The molecular formula is C12H7BrF3N3. The van der Waals surface area contributed by atoms with E-state index in [0.29, 0.717) is 11.0 Å². The first kappa shape index (κ1) is 13.6. The number of alkyl halides is 4. The number of benzene rings is 1. The van der Waals surface area contributed by atoms with Crippen molar-refractivity contribution in [2.24, 2.45) is 0 Å². The van der Waals surface area contributed by atoms with Gasteiger partial charge in [0.2, 0.25) is 0 Å². The van der Waals surface area contributed by atoms with Gasteiger partial charge in [-0.05, 0) is 17.7 Å². The van der Waals surface area contributed by atoms with Gasteiger partial charge < -0.3 is 0 Å². The van der Waals surface area contributed by atoms with Crippen LogP contribution in [0.4, 0.5) is 13.2 Å². The molecule has 3 nitrogen and oxygen atoms in total. The van der Waals surface area contributed by atoms with Crippen molar-refractivity contribution in [2.75, 3.05) is 0 Å². The molecule has 0 atom stereocenters. The van der Waals surface area contributed by atoms with Crippen molar-refractivity contribution in [3.05, 3.63) is 47.3 Å². The summed E-state index contributed by atoms with van der Waals surface area (Å²) in [6.45, 7) is 0. The minimum atomic E-state index is -4.44. The van der Waals surface area contributed by atoms with E-state index in [1.807, 2.05) is 6.07 Å². The molecule has 0 aliphatic carbocycles. The first-order valence-corrected chi connectivity index (χ1v) is 6.29. The first-order valence-electron chi connectivity index (χ1n) is 5.17. The summed E-state index contributed by atoms with van der Waals surface area (Å²) in [5.41, 5.74) is 0.612. The normalized spacial score (nSPS) is 11.3. The summed E-state index contributed by atoms with van der Waals surface area (Å²) in [5.74, 6) is 0. The second kappa shape index (κ2) is 5.05. The Bertz CT molecular complexity index is 640. The fraction of sp³-hybridized carbons (Fsp3) is 0.167. The third kappa shape index (κ3) is 2.79. The van der Waals surface area contributed by atoms with E-state index in [1.165, 1.54) is 0 Å². The van der Waals surface area contributed by atoms with Crippen molar-refractivity contribution in [2.45, 2.75) is 11.5 Å². The lowest BCUT2D eigenvalue weighted by Crippen LogP contribution is -2.03. The molecule has 2 rings (SSSR count). The van der Waals surface area contributed by atoms with Gasteiger partial charge in [0.15, 0.2) is 0 Å². The summed E-state index contributed by atoms with van der Waals surface area (Å²) >= 11 is 3.25. The lowest BCUT2D eigenvalue weighted by atomic mass is 10.1. The molecule has 0 unspecified atom stereocenters. The second-order valence-corrected chi connectivity index (χ2v) is 4.33. The number of halogens is 4. The highest BCUT2D eigenvalue weighted by molar-refractivity contribution is 9.08. The molecule has 0 aliphatic heterocycles. The molecule has 0 saturated heterocycles. The predicted molar refractivity (Wildman–Crippen MR) is 65.9 cm³/mol. The lowest BCUT2D eigenvalue weighted by Gasteiger charge is -2.06. The molecule has 0 N–H and O–H groups in total. The fourth-order valence-electron chi connectivity index (χ4n) is 1.56. The smallest absolute Gasteiger partial charge is 0.239 e. The average molecular weight is 330 g/mol. The van der Waals surface area contributed by atoms with Crippen molar-refractivity contribution in [1.82, 2.24) is 9.78 Å². The van der Waals surface area contributed by atoms with Crippen LogP contribution in [0.5, 0.6) is 0 Å². The summed E-state index contributed by atoms with van der Waals surface area (Å²) < 4.78 is 38.5. The Kier molecular flexibility index (Phi) is 3.62. The van der Waals surface area contributed by atoms with E-state index in [0.717, 1.165) is 22.6 Å². The zero-order valence-electron chi connectivity index (χ0n) is 9.45. The Labute approximate surface area is 115 Å². The standard InChI is InChI=1S/C12H7BrF3N3/c13-4-8-1-2-11(9(3-8)5-17)19-7-10(6-18-19)12(14,15)16/h1-3,6-7H,4H2. The highest BCUT2D eigenvalue weighted by Crippen LogP contribution is 2.29. The fourth-order valence-corrected chi connectivity index (χ4v) is 1.91. The quantitative estimate of drug-likeness (QED) is 0.789. The Hall–Kier alpha value is -1.81. The molecule has 0 aliphatic rings. The summed E-state index contributed by atoms with van der Waals surface area (Å²) in [7, 11) is 0. The van der Waals surface area contributed by atoms with E-state index in [-0.39, 0.29) is 5.56 Å². The van der Waals surface area contributed by atoms with Crippen LogP contribution in [0.25, 0.3) is 5.69 Å². The van der Waals surface area contributed by atoms with Gasteiger partial charge in [-0.3, -0.25) is 0 Å². The Morgan fingerprint density at radius 1 is 1.37 bits per heavy atom. The largest absolute Gasteiger partial charge is 0.419 e. The molecule has 0 radical (unpaired) electrons. The monoisotopic (exact) mass is 329 g/mol. The number of nitrogens with zero attached hydrogens (tertiary/aromatic N) is 3. The molecule has 0 amide bonds. The van der Waals surface area contributed by atoms with Gasteiger partial charge in [0.1, 0.15) is 6.07 Å². The summed E-state index contributed by atoms with van der Waals surface area (Å²) in [6, 6.07) is 6.86. The molecule has 98 valence electrons. The minimum Gasteiger partial charge on any atom is -0.239 e. The van der Waals surface area contributed by atoms with Crippen molar-refractivity contribution in [3.63, 3.8) is 0 Å². The van der Waals surface area contributed by atoms with Crippen LogP contribution in [0.1, 0.15) is 16.7 Å². The number of aromatic nitrogens is 2. The van der Waals surface area contributed by atoms with E-state index in [4.69, 9.17) is 5.26 Å². The zero-order valence-corrected chi connectivity index (χ0v) is 11.0. The number of hydrogen-bond acceptors (Lipinski definition) is 2. The molecule has 0 bridgehead atoms. The van der Waals surface area contributed by atoms with Gasteiger partial charge in [-0.25, -0.2) is 4.68 Å². The average Bonchev–Trinajstić information content (AvgIpc) is 2.87. The highest BCUT2D eigenvalue weighted by atomic mass is 79.9. The van der Waals surface area contributed by atoms with Gasteiger partial charge in [-0.15, -0.1) is 0 Å². The Morgan fingerprint density at radius 3 is 2.63 bits per heavy atom. The lowest BCUT2D eigenvalue weighted by molar-refractivity contribution is -0.137. The molecule has 1 heterocycles. The summed E-state index contributed by atoms with van der Waals surface area (Å²) in [6.07, 6.45) is -2.84. The number of rotatable bonds is 2. The van der Waals surface area contributed by atoms with Crippen LogP contribution >= 0.6 is 15.9 Å². The van der Waals surface area contributed by atoms with Gasteiger partial charge in [0.05, 0.1) is 23.0 Å². The van der Waals surface area contributed by atoms with E-state index < -0.39 is 11.7 Å². The number of hydrogen-bond donors (Lipinski definition) is 0. The Balaban J connectivity index is 2.48. The van der Waals surface area contributed by atoms with Crippen molar-refractivity contribution < 1.29 is 13.2 Å². The van der Waals surface area contributed by atoms with Crippen LogP contribution in [0, 0.1) is 11.3 Å². The summed E-state index contributed by atoms with van der Waals surface area (Å²) in [4.78, 5) is 0. The maximum Gasteiger partial charge on any atom is 0.419 e. The Morgan fingerprint density at radius 2 is 2.11 bits per heavy atom. The van der Waals surface area contributed by atoms with E-state index >= 15 is 0 Å². The zero-order chi connectivity index (χ0) is 14.0. The molecule has 0 spiro atoms. The van der Waals surface area contributed by atoms with Gasteiger partial charge >= 0.3 is 6.18 Å². The van der Waals surface area contributed by atoms with Crippen LogP contribution in [0.2, 0.25) is 0 Å². The third-order valence-electron chi connectivity index (χ3n) is 2.49. The van der Waals surface area contributed by atoms with E-state index in [9.17, 15) is 13.2 Å². The van der Waals surface area contributed by atoms with Crippen LogP contribution in [-0.2, 0) is 11.5 Å². The second-order valence-electron chi connectivity index (χ2n) is 3.77.